The van der Waals surface area contributed by atoms with E-state index in [-0.39, 0.29) is 0 Å². The summed E-state index contributed by atoms with van der Waals surface area (Å²) < 4.78 is 6.53. The average molecular weight is 181 g/mol. The molecule has 0 heterocycles. The van der Waals surface area contributed by atoms with Gasteiger partial charge in [-0.25, -0.2) is 0 Å². The summed E-state index contributed by atoms with van der Waals surface area (Å²) in [6.07, 6.45) is -5.81. The summed E-state index contributed by atoms with van der Waals surface area (Å²) in [7, 11) is 0. The van der Waals surface area contributed by atoms with E-state index in [0.29, 0.717) is 0 Å². The fourth-order valence-electron chi connectivity index (χ4n) is 0.538. The van der Waals surface area contributed by atoms with Crippen molar-refractivity contribution in [3.05, 3.63) is 0 Å². The van der Waals surface area contributed by atoms with Gasteiger partial charge in [0.25, 0.3) is 0 Å². The highest BCUT2D eigenvalue weighted by Gasteiger charge is 2.28. The van der Waals surface area contributed by atoms with Gasteiger partial charge in [0.1, 0.15) is 18.3 Å². The molecule has 0 aliphatic heterocycles. The molecule has 0 rings (SSSR count). The van der Waals surface area contributed by atoms with Crippen LogP contribution in [0.25, 0.3) is 0 Å². The highest BCUT2D eigenvalue weighted by molar-refractivity contribution is 5.87. The van der Waals surface area contributed by atoms with Crippen molar-refractivity contribution in [2.75, 3.05) is 13.2 Å². The Balaban J connectivity index is 4.25. The molecule has 0 bridgehead atoms. The van der Waals surface area contributed by atoms with E-state index in [1.165, 1.54) is 0 Å². The first-order valence-corrected chi connectivity index (χ1v) is 3.21. The first kappa shape index (κ1) is 9.56. The van der Waals surface area contributed by atoms with E-state index in [1.54, 1.807) is 0 Å². The molecule has 0 aromatic carbocycles. The number of hydrogen-bond acceptors (Lipinski definition) is 6. The average Bonchev–Trinajstić information content (AvgIpc) is 2.12. The number of carbonyl (C=O) groups excluding carboxylic acids is 1. The molecule has 0 aliphatic carbocycles. The molecule has 0 spiro atoms. The Morgan fingerprint density at radius 3 is 2.17 bits per heavy atom. The molecular formula is C6H12O6. The van der Waals surface area contributed by atoms with E-state index in [9.17, 15) is 4.79 Å². The SMILES string of the molecule is [2H]C(O)[C@H](O)C(=O)[C@@H](O)[C@H](O)CO. The molecule has 4 atom stereocenters. The monoisotopic (exact) mass is 181 g/mol. The predicted octanol–water partition coefficient (Wildman–Crippen LogP) is -3.38. The molecule has 5 N–H and O–H groups in total. The number of hydrogen-bond donors (Lipinski definition) is 5. The van der Waals surface area contributed by atoms with Crippen molar-refractivity contribution in [2.24, 2.45) is 0 Å². The van der Waals surface area contributed by atoms with Gasteiger partial charge in [-0.2, -0.15) is 0 Å². The van der Waals surface area contributed by atoms with Crippen LogP contribution in [-0.4, -0.2) is 62.8 Å². The number of Topliss-reactive ketones (excluding diaryl/α,β-unsaturated/α-hetero) is 1. The maximum atomic E-state index is 10.8. The topological polar surface area (TPSA) is 118 Å². The van der Waals surface area contributed by atoms with Crippen molar-refractivity contribution in [1.82, 2.24) is 0 Å². The molecule has 0 aliphatic rings. The summed E-state index contributed by atoms with van der Waals surface area (Å²) in [6, 6.07) is 0. The lowest BCUT2D eigenvalue weighted by atomic mass is 10.1. The molecule has 0 aromatic heterocycles. The van der Waals surface area contributed by atoms with Gasteiger partial charge < -0.3 is 25.5 Å². The highest BCUT2D eigenvalue weighted by atomic mass is 16.4. The zero-order chi connectivity index (χ0) is 10.6. The zero-order valence-electron chi connectivity index (χ0n) is 7.16. The minimum absolute atomic E-state index is 0.853. The summed E-state index contributed by atoms with van der Waals surface area (Å²) in [4.78, 5) is 10.8. The van der Waals surface area contributed by atoms with Crippen LogP contribution in [0.3, 0.4) is 0 Å². The van der Waals surface area contributed by atoms with Gasteiger partial charge in [-0.3, -0.25) is 4.79 Å². The zero-order valence-corrected chi connectivity index (χ0v) is 6.16. The molecule has 0 amide bonds. The Morgan fingerprint density at radius 2 is 1.83 bits per heavy atom. The fraction of sp³-hybridized carbons (Fsp3) is 0.833. The van der Waals surface area contributed by atoms with Crippen LogP contribution in [0.2, 0.25) is 0 Å². The van der Waals surface area contributed by atoms with E-state index >= 15 is 0 Å². The van der Waals surface area contributed by atoms with Gasteiger partial charge >= 0.3 is 0 Å². The van der Waals surface area contributed by atoms with Crippen molar-refractivity contribution in [2.45, 2.75) is 18.3 Å². The minimum atomic E-state index is -2.09. The van der Waals surface area contributed by atoms with Crippen LogP contribution >= 0.6 is 0 Å². The predicted molar refractivity (Wildman–Crippen MR) is 37.2 cm³/mol. The standard InChI is InChI=1S/C6H12O6/c7-1-3(9)5(11)6(12)4(10)2-8/h3-5,7-11H,1-2H2/t3-,4+,5+/m1/s1/i2D/t2?,3-,4+,5+. The van der Waals surface area contributed by atoms with Crippen LogP contribution in [0.5, 0.6) is 0 Å². The van der Waals surface area contributed by atoms with E-state index in [1.807, 2.05) is 0 Å². The Bertz CT molecular complexity index is 173. The maximum Gasteiger partial charge on any atom is 0.194 e. The van der Waals surface area contributed by atoms with E-state index < -0.39 is 37.3 Å². The minimum Gasteiger partial charge on any atom is -0.394 e. The third kappa shape index (κ3) is 2.84. The van der Waals surface area contributed by atoms with Gasteiger partial charge in [0.2, 0.25) is 0 Å². The lowest BCUT2D eigenvalue weighted by Crippen LogP contribution is -2.43. The maximum absolute atomic E-state index is 10.8. The quantitative estimate of drug-likeness (QED) is 0.302. The highest BCUT2D eigenvalue weighted by Crippen LogP contribution is 1.98. The van der Waals surface area contributed by atoms with Crippen molar-refractivity contribution in [3.8, 4) is 0 Å². The lowest BCUT2D eigenvalue weighted by molar-refractivity contribution is -0.144. The molecule has 0 aromatic rings. The molecule has 6 nitrogen and oxygen atoms in total. The summed E-state index contributed by atoms with van der Waals surface area (Å²) in [5.41, 5.74) is 0. The second-order valence-corrected chi connectivity index (χ2v) is 2.19. The van der Waals surface area contributed by atoms with Crippen LogP contribution in [0.4, 0.5) is 0 Å². The third-order valence-corrected chi connectivity index (χ3v) is 1.28. The Hall–Kier alpha value is -0.530. The van der Waals surface area contributed by atoms with Crippen LogP contribution < -0.4 is 0 Å². The van der Waals surface area contributed by atoms with E-state index in [4.69, 9.17) is 26.9 Å². The van der Waals surface area contributed by atoms with Gasteiger partial charge in [0.15, 0.2) is 5.78 Å². The van der Waals surface area contributed by atoms with Crippen molar-refractivity contribution >= 4 is 5.78 Å². The van der Waals surface area contributed by atoms with Crippen molar-refractivity contribution < 1.29 is 31.7 Å². The number of ketones is 1. The van der Waals surface area contributed by atoms with Crippen LogP contribution in [0, 0.1) is 0 Å². The first-order valence-electron chi connectivity index (χ1n) is 3.78. The van der Waals surface area contributed by atoms with Crippen molar-refractivity contribution in [1.29, 1.82) is 0 Å². The summed E-state index contributed by atoms with van der Waals surface area (Å²) >= 11 is 0. The fourth-order valence-corrected chi connectivity index (χ4v) is 0.538. The second kappa shape index (κ2) is 5.18. The molecular weight excluding hydrogens is 168 g/mol. The largest absolute Gasteiger partial charge is 0.394 e. The number of aliphatic hydroxyl groups is 5. The van der Waals surface area contributed by atoms with E-state index in [0.717, 1.165) is 0 Å². The summed E-state index contributed by atoms with van der Waals surface area (Å²) in [5, 5.41) is 43.2. The number of carbonyl (C=O) groups is 1. The molecule has 6 heteroatoms. The smallest absolute Gasteiger partial charge is 0.194 e. The lowest BCUT2D eigenvalue weighted by Gasteiger charge is -2.16. The molecule has 12 heavy (non-hydrogen) atoms. The number of aliphatic hydroxyl groups excluding tert-OH is 5. The van der Waals surface area contributed by atoms with Gasteiger partial charge in [0, 0.05) is 0 Å². The van der Waals surface area contributed by atoms with Crippen LogP contribution in [0.15, 0.2) is 0 Å². The van der Waals surface area contributed by atoms with Crippen LogP contribution in [0.1, 0.15) is 1.37 Å². The Morgan fingerprint density at radius 1 is 1.33 bits per heavy atom. The summed E-state index contributed by atoms with van der Waals surface area (Å²) in [6.45, 7) is -2.93. The third-order valence-electron chi connectivity index (χ3n) is 1.28. The molecule has 0 saturated carbocycles. The van der Waals surface area contributed by atoms with Gasteiger partial charge in [-0.1, -0.05) is 0 Å². The molecule has 72 valence electrons. The Labute approximate surface area is 70.1 Å². The molecule has 0 fully saturated rings. The first-order chi connectivity index (χ1) is 5.91. The molecule has 0 saturated heterocycles. The summed E-state index contributed by atoms with van der Waals surface area (Å²) in [5.74, 6) is -1.30. The second-order valence-electron chi connectivity index (χ2n) is 2.19. The van der Waals surface area contributed by atoms with Crippen molar-refractivity contribution in [3.63, 3.8) is 0 Å². The van der Waals surface area contributed by atoms with Gasteiger partial charge in [0.05, 0.1) is 14.6 Å². The normalized spacial score (nSPS) is 22.2. The molecule has 1 unspecified atom stereocenters. The van der Waals surface area contributed by atoms with Gasteiger partial charge in [-0.05, 0) is 0 Å². The molecule has 0 radical (unpaired) electrons. The van der Waals surface area contributed by atoms with E-state index in [2.05, 4.69) is 0 Å². The van der Waals surface area contributed by atoms with Gasteiger partial charge in [-0.15, -0.1) is 0 Å². The number of rotatable bonds is 5. The van der Waals surface area contributed by atoms with Crippen LogP contribution in [-0.2, 0) is 4.79 Å². The Kier molecular flexibility index (Phi) is 4.12.